The van der Waals surface area contributed by atoms with E-state index in [9.17, 15) is 13.6 Å². The van der Waals surface area contributed by atoms with Crippen LogP contribution in [-0.4, -0.2) is 20.9 Å². The molecule has 2 saturated carbocycles. The first kappa shape index (κ1) is 14.7. The molecule has 128 valence electrons. The Kier molecular flexibility index (Phi) is 2.80. The molecule has 0 aliphatic heterocycles. The molecule has 25 heavy (non-hydrogen) atoms. The molecule has 2 aromatic heterocycles. The third-order valence-corrected chi connectivity index (χ3v) is 5.51. The van der Waals surface area contributed by atoms with Gasteiger partial charge in [-0.25, -0.2) is 18.7 Å². The summed E-state index contributed by atoms with van der Waals surface area (Å²) in [5.41, 5.74) is 2.76. The van der Waals surface area contributed by atoms with Crippen molar-refractivity contribution in [2.75, 3.05) is 0 Å². The molecule has 3 atom stereocenters. The predicted octanol–water partition coefficient (Wildman–Crippen LogP) is 3.65. The van der Waals surface area contributed by atoms with Gasteiger partial charge in [-0.2, -0.15) is 0 Å². The minimum absolute atomic E-state index is 0.112. The highest BCUT2D eigenvalue weighted by Gasteiger charge is 2.71. The highest BCUT2D eigenvalue weighted by Crippen LogP contribution is 2.67. The Hall–Kier alpha value is -2.57. The van der Waals surface area contributed by atoms with Gasteiger partial charge >= 0.3 is 0 Å². The summed E-state index contributed by atoms with van der Waals surface area (Å²) in [5, 5.41) is 0. The molecule has 2 aliphatic carbocycles. The van der Waals surface area contributed by atoms with E-state index in [1.165, 1.54) is 6.39 Å². The van der Waals surface area contributed by atoms with Crippen molar-refractivity contribution in [3.63, 3.8) is 0 Å². The summed E-state index contributed by atoms with van der Waals surface area (Å²) in [6.07, 6.45) is 2.11. The van der Waals surface area contributed by atoms with E-state index in [-0.39, 0.29) is 11.5 Å². The number of alkyl halides is 2. The number of halogens is 2. The van der Waals surface area contributed by atoms with Gasteiger partial charge in [0.05, 0.1) is 11.3 Å². The molecule has 0 saturated heterocycles. The number of aromatic amines is 1. The maximum Gasteiger partial charge on any atom is 0.259 e. The molecule has 0 spiro atoms. The standard InChI is InChI=1S/C18H15F2N3O2/c1-8-22-16(10-4-11-12(5-10)18(11,19)20)15(17(24)23-8)9-2-3-14-13(6-9)21-7-25-14/h2-3,6-7,10-12H,4-5H2,1H3,(H,22,23,24)/t10-,11+,12-. The second-order valence-corrected chi connectivity index (χ2v) is 7.00. The van der Waals surface area contributed by atoms with Crippen molar-refractivity contribution in [2.45, 2.75) is 31.6 Å². The second-order valence-electron chi connectivity index (χ2n) is 7.00. The van der Waals surface area contributed by atoms with Gasteiger partial charge in [0.1, 0.15) is 11.3 Å². The molecule has 1 N–H and O–H groups in total. The Bertz CT molecular complexity index is 1040. The first-order chi connectivity index (χ1) is 11.9. The largest absolute Gasteiger partial charge is 0.443 e. The van der Waals surface area contributed by atoms with E-state index in [2.05, 4.69) is 15.0 Å². The number of hydrogen-bond acceptors (Lipinski definition) is 4. The van der Waals surface area contributed by atoms with Crippen molar-refractivity contribution in [2.24, 2.45) is 11.8 Å². The predicted molar refractivity (Wildman–Crippen MR) is 86.5 cm³/mol. The Morgan fingerprint density at radius 2 is 2.04 bits per heavy atom. The maximum atomic E-state index is 13.5. The van der Waals surface area contributed by atoms with Crippen LogP contribution in [0.3, 0.4) is 0 Å². The molecule has 0 radical (unpaired) electrons. The summed E-state index contributed by atoms with van der Waals surface area (Å²) in [5.74, 6) is -3.28. The van der Waals surface area contributed by atoms with Crippen LogP contribution in [0.15, 0.2) is 33.8 Å². The summed E-state index contributed by atoms with van der Waals surface area (Å²) in [4.78, 5) is 24.0. The molecule has 5 nitrogen and oxygen atoms in total. The number of hydrogen-bond donors (Lipinski definition) is 1. The molecular weight excluding hydrogens is 328 g/mol. The Morgan fingerprint density at radius 1 is 1.28 bits per heavy atom. The van der Waals surface area contributed by atoms with Gasteiger partial charge in [0.25, 0.3) is 11.5 Å². The second kappa shape index (κ2) is 4.74. The topological polar surface area (TPSA) is 71.8 Å². The number of benzene rings is 1. The Balaban J connectivity index is 1.63. The van der Waals surface area contributed by atoms with Crippen molar-refractivity contribution >= 4 is 11.1 Å². The lowest BCUT2D eigenvalue weighted by atomic mass is 9.92. The molecule has 7 heteroatoms. The minimum Gasteiger partial charge on any atom is -0.443 e. The number of H-pyrrole nitrogens is 1. The molecule has 5 rings (SSSR count). The average Bonchev–Trinajstić information content (AvgIpc) is 3.02. The van der Waals surface area contributed by atoms with Gasteiger partial charge in [-0.15, -0.1) is 0 Å². The van der Waals surface area contributed by atoms with E-state index in [0.717, 1.165) is 0 Å². The SMILES string of the molecule is Cc1nc([C@H]2C[C@@H]3[C@H](C2)C3(F)F)c(-c2ccc3ocnc3c2)c(=O)[nH]1. The van der Waals surface area contributed by atoms with Gasteiger partial charge in [-0.3, -0.25) is 4.79 Å². The van der Waals surface area contributed by atoms with Crippen LogP contribution in [-0.2, 0) is 0 Å². The molecule has 0 unspecified atom stereocenters. The minimum atomic E-state index is -2.54. The van der Waals surface area contributed by atoms with Gasteiger partial charge < -0.3 is 9.40 Å². The number of fused-ring (bicyclic) bond motifs is 2. The number of oxazole rings is 1. The highest BCUT2D eigenvalue weighted by molar-refractivity contribution is 5.80. The van der Waals surface area contributed by atoms with Crippen molar-refractivity contribution in [3.8, 4) is 11.1 Å². The third-order valence-electron chi connectivity index (χ3n) is 5.51. The molecular formula is C18H15F2N3O2. The van der Waals surface area contributed by atoms with Gasteiger partial charge in [0.2, 0.25) is 0 Å². The summed E-state index contributed by atoms with van der Waals surface area (Å²) in [7, 11) is 0. The van der Waals surface area contributed by atoms with Crippen LogP contribution in [0, 0.1) is 18.8 Å². The smallest absolute Gasteiger partial charge is 0.259 e. The summed E-state index contributed by atoms with van der Waals surface area (Å²) < 4.78 is 32.3. The fourth-order valence-electron chi connectivity index (χ4n) is 4.23. The molecule has 2 aliphatic rings. The number of nitrogens with zero attached hydrogens (tertiary/aromatic N) is 2. The Morgan fingerprint density at radius 3 is 2.80 bits per heavy atom. The van der Waals surface area contributed by atoms with Crippen LogP contribution < -0.4 is 5.56 Å². The van der Waals surface area contributed by atoms with Gasteiger partial charge in [0.15, 0.2) is 12.0 Å². The molecule has 3 aromatic rings. The van der Waals surface area contributed by atoms with Crippen LogP contribution in [0.2, 0.25) is 0 Å². The average molecular weight is 343 g/mol. The fraction of sp³-hybridized carbons (Fsp3) is 0.389. The van der Waals surface area contributed by atoms with Crippen molar-refractivity contribution in [1.29, 1.82) is 0 Å². The number of aromatic nitrogens is 3. The molecule has 0 bridgehead atoms. The lowest BCUT2D eigenvalue weighted by Crippen LogP contribution is -2.19. The number of rotatable bonds is 2. The van der Waals surface area contributed by atoms with Crippen LogP contribution >= 0.6 is 0 Å². The first-order valence-electron chi connectivity index (χ1n) is 8.27. The fourth-order valence-corrected chi connectivity index (χ4v) is 4.23. The molecule has 1 aromatic carbocycles. The van der Waals surface area contributed by atoms with Crippen LogP contribution in [0.1, 0.15) is 30.3 Å². The lowest BCUT2D eigenvalue weighted by molar-refractivity contribution is 0.0693. The van der Waals surface area contributed by atoms with Gasteiger partial charge in [-0.1, -0.05) is 6.07 Å². The quantitative estimate of drug-likeness (QED) is 0.771. The van der Waals surface area contributed by atoms with Crippen molar-refractivity contribution in [1.82, 2.24) is 15.0 Å². The summed E-state index contributed by atoms with van der Waals surface area (Å²) in [6, 6.07) is 5.30. The summed E-state index contributed by atoms with van der Waals surface area (Å²) >= 11 is 0. The highest BCUT2D eigenvalue weighted by atomic mass is 19.3. The molecule has 0 amide bonds. The zero-order valence-electron chi connectivity index (χ0n) is 13.4. The van der Waals surface area contributed by atoms with Gasteiger partial charge in [-0.05, 0) is 37.5 Å². The van der Waals surface area contributed by atoms with E-state index < -0.39 is 17.8 Å². The molecule has 2 heterocycles. The van der Waals surface area contributed by atoms with E-state index >= 15 is 0 Å². The van der Waals surface area contributed by atoms with E-state index in [0.29, 0.717) is 46.6 Å². The third kappa shape index (κ3) is 2.08. The number of nitrogens with one attached hydrogen (secondary N) is 1. The summed E-state index contributed by atoms with van der Waals surface area (Å²) in [6.45, 7) is 1.71. The maximum absolute atomic E-state index is 13.5. The van der Waals surface area contributed by atoms with Crippen LogP contribution in [0.25, 0.3) is 22.2 Å². The van der Waals surface area contributed by atoms with Gasteiger partial charge in [0, 0.05) is 17.8 Å². The molecule has 2 fully saturated rings. The van der Waals surface area contributed by atoms with E-state index in [1.807, 2.05) is 0 Å². The normalized spacial score (nSPS) is 26.8. The van der Waals surface area contributed by atoms with E-state index in [4.69, 9.17) is 4.42 Å². The van der Waals surface area contributed by atoms with Crippen molar-refractivity contribution in [3.05, 3.63) is 46.5 Å². The first-order valence-corrected chi connectivity index (χ1v) is 8.27. The zero-order valence-corrected chi connectivity index (χ0v) is 13.4. The van der Waals surface area contributed by atoms with Crippen LogP contribution in [0.5, 0.6) is 0 Å². The monoisotopic (exact) mass is 343 g/mol. The van der Waals surface area contributed by atoms with Crippen molar-refractivity contribution < 1.29 is 13.2 Å². The number of aryl methyl sites for hydroxylation is 1. The lowest BCUT2D eigenvalue weighted by Gasteiger charge is -2.17. The van der Waals surface area contributed by atoms with Crippen LogP contribution in [0.4, 0.5) is 8.78 Å². The zero-order chi connectivity index (χ0) is 17.3. The Labute approximate surface area is 141 Å². The van der Waals surface area contributed by atoms with E-state index in [1.54, 1.807) is 25.1 Å².